The largest absolute Gasteiger partial charge is 0.434 e. The predicted octanol–water partition coefficient (Wildman–Crippen LogP) is 2.93. The van der Waals surface area contributed by atoms with Gasteiger partial charge >= 0.3 is 6.18 Å². The second kappa shape index (κ2) is 5.25. The second-order valence-electron chi connectivity index (χ2n) is 4.21. The van der Waals surface area contributed by atoms with E-state index in [2.05, 4.69) is 4.98 Å². The Labute approximate surface area is 113 Å². The molecule has 0 N–H and O–H groups in total. The van der Waals surface area contributed by atoms with Gasteiger partial charge in [0.05, 0.1) is 6.54 Å². The summed E-state index contributed by atoms with van der Waals surface area (Å²) < 4.78 is 39.0. The number of imidazole rings is 1. The number of benzene rings is 1. The molecule has 1 aromatic carbocycles. The van der Waals surface area contributed by atoms with Crippen molar-refractivity contribution in [1.82, 2.24) is 9.55 Å². The molecule has 1 heterocycles. The summed E-state index contributed by atoms with van der Waals surface area (Å²) in [4.78, 5) is 4.61. The second-order valence-corrected chi connectivity index (χ2v) is 4.21. The van der Waals surface area contributed by atoms with Gasteiger partial charge in [0.2, 0.25) is 5.95 Å². The summed E-state index contributed by atoms with van der Waals surface area (Å²) in [5.74, 6) is -0.0383. The number of hydrogen-bond acceptors (Lipinski definition) is 3. The lowest BCUT2D eigenvalue weighted by Gasteiger charge is -2.14. The molecule has 0 unspecified atom stereocenters. The maximum atomic E-state index is 12.6. The van der Waals surface area contributed by atoms with Gasteiger partial charge in [-0.25, -0.2) is 9.88 Å². The maximum absolute atomic E-state index is 12.6. The Balaban J connectivity index is 2.29. The molecule has 104 valence electrons. The number of nitriles is 1. The van der Waals surface area contributed by atoms with Crippen LogP contribution in [-0.2, 0) is 19.8 Å². The molecule has 0 amide bonds. The van der Waals surface area contributed by atoms with Gasteiger partial charge in [-0.2, -0.15) is 18.4 Å². The van der Waals surface area contributed by atoms with Crippen molar-refractivity contribution in [1.29, 1.82) is 5.26 Å². The minimum absolute atomic E-state index is 0.0383. The lowest BCUT2D eigenvalue weighted by Crippen LogP contribution is -2.19. The minimum atomic E-state index is -4.52. The van der Waals surface area contributed by atoms with E-state index in [-0.39, 0.29) is 12.5 Å². The van der Waals surface area contributed by atoms with Crippen LogP contribution in [0.5, 0.6) is 0 Å². The van der Waals surface area contributed by atoms with Crippen LogP contribution in [0.1, 0.15) is 11.3 Å². The molecule has 4 nitrogen and oxygen atoms in total. The predicted molar refractivity (Wildman–Crippen MR) is 66.4 cm³/mol. The Morgan fingerprint density at radius 2 is 1.95 bits per heavy atom. The highest BCUT2D eigenvalue weighted by Crippen LogP contribution is 2.30. The molecule has 20 heavy (non-hydrogen) atoms. The van der Waals surface area contributed by atoms with Crippen LogP contribution in [0, 0.1) is 11.5 Å². The maximum Gasteiger partial charge on any atom is 0.434 e. The van der Waals surface area contributed by atoms with E-state index in [1.165, 1.54) is 11.6 Å². The first kappa shape index (κ1) is 13.9. The number of aromatic nitrogens is 2. The molecule has 7 heteroatoms. The van der Waals surface area contributed by atoms with Crippen molar-refractivity contribution in [2.45, 2.75) is 12.7 Å². The van der Waals surface area contributed by atoms with Crippen molar-refractivity contribution in [3.8, 4) is 6.19 Å². The van der Waals surface area contributed by atoms with E-state index in [1.807, 2.05) is 12.3 Å². The average Bonchev–Trinajstić information content (AvgIpc) is 2.79. The monoisotopic (exact) mass is 280 g/mol. The number of aryl methyl sites for hydroxylation is 1. The van der Waals surface area contributed by atoms with Gasteiger partial charge in [-0.3, -0.25) is 0 Å². The molecule has 0 radical (unpaired) electrons. The summed E-state index contributed by atoms with van der Waals surface area (Å²) in [6.07, 6.45) is -1.80. The van der Waals surface area contributed by atoms with Crippen LogP contribution < -0.4 is 4.90 Å². The third-order valence-corrected chi connectivity index (χ3v) is 2.69. The molecule has 0 aliphatic rings. The SMILES string of the molecule is Cn1cc(C(F)(F)F)nc1N(C#N)Cc1ccccc1. The Morgan fingerprint density at radius 1 is 1.30 bits per heavy atom. The fraction of sp³-hybridized carbons (Fsp3) is 0.231. The zero-order valence-corrected chi connectivity index (χ0v) is 10.6. The van der Waals surface area contributed by atoms with Crippen LogP contribution in [0.15, 0.2) is 36.5 Å². The first-order valence-electron chi connectivity index (χ1n) is 5.73. The molecular weight excluding hydrogens is 269 g/mol. The van der Waals surface area contributed by atoms with Gasteiger partial charge in [-0.15, -0.1) is 0 Å². The van der Waals surface area contributed by atoms with Crippen molar-refractivity contribution < 1.29 is 13.2 Å². The fourth-order valence-electron chi connectivity index (χ4n) is 1.76. The van der Waals surface area contributed by atoms with Crippen molar-refractivity contribution >= 4 is 5.95 Å². The van der Waals surface area contributed by atoms with Gasteiger partial charge in [0, 0.05) is 13.2 Å². The quantitative estimate of drug-likeness (QED) is 0.641. The standard InChI is InChI=1S/C13H11F3N4/c1-19-8-11(13(14,15)16)18-12(19)20(9-17)7-10-5-3-2-4-6-10/h2-6,8H,7H2,1H3. The van der Waals surface area contributed by atoms with Gasteiger partial charge in [0.25, 0.3) is 0 Å². The van der Waals surface area contributed by atoms with E-state index in [1.54, 1.807) is 24.3 Å². The highest BCUT2D eigenvalue weighted by molar-refractivity contribution is 5.40. The normalized spacial score (nSPS) is 11.2. The molecule has 0 spiro atoms. The summed E-state index contributed by atoms with van der Waals surface area (Å²) in [6, 6.07) is 8.99. The van der Waals surface area contributed by atoms with Crippen LogP contribution >= 0.6 is 0 Å². The zero-order valence-electron chi connectivity index (χ0n) is 10.6. The Hall–Kier alpha value is -2.49. The Bertz CT molecular complexity index is 625. The van der Waals surface area contributed by atoms with E-state index < -0.39 is 11.9 Å². The summed E-state index contributed by atoms with van der Waals surface area (Å²) >= 11 is 0. The number of hydrogen-bond donors (Lipinski definition) is 0. The van der Waals surface area contributed by atoms with E-state index in [0.29, 0.717) is 0 Å². The number of anilines is 1. The Kier molecular flexibility index (Phi) is 3.66. The highest BCUT2D eigenvalue weighted by atomic mass is 19.4. The smallest absolute Gasteiger partial charge is 0.319 e. The third kappa shape index (κ3) is 2.91. The molecule has 0 atom stereocenters. The molecule has 0 bridgehead atoms. The van der Waals surface area contributed by atoms with Gasteiger partial charge in [-0.05, 0) is 5.56 Å². The molecule has 0 saturated heterocycles. The molecule has 1 aromatic heterocycles. The highest BCUT2D eigenvalue weighted by Gasteiger charge is 2.35. The van der Waals surface area contributed by atoms with Crippen molar-refractivity contribution in [3.63, 3.8) is 0 Å². The van der Waals surface area contributed by atoms with E-state index in [4.69, 9.17) is 5.26 Å². The van der Waals surface area contributed by atoms with Crippen LogP contribution in [-0.4, -0.2) is 9.55 Å². The van der Waals surface area contributed by atoms with E-state index in [9.17, 15) is 13.2 Å². The number of alkyl halides is 3. The summed E-state index contributed by atoms with van der Waals surface area (Å²) in [6.45, 7) is 0.166. The van der Waals surface area contributed by atoms with Gasteiger partial charge in [-0.1, -0.05) is 30.3 Å². The van der Waals surface area contributed by atoms with Crippen LogP contribution in [0.2, 0.25) is 0 Å². The molecule has 0 saturated carbocycles. The lowest BCUT2D eigenvalue weighted by molar-refractivity contribution is -0.140. The number of halogens is 3. The number of rotatable bonds is 3. The van der Waals surface area contributed by atoms with Crippen molar-refractivity contribution in [2.75, 3.05) is 4.90 Å². The van der Waals surface area contributed by atoms with E-state index >= 15 is 0 Å². The average molecular weight is 280 g/mol. The van der Waals surface area contributed by atoms with Crippen molar-refractivity contribution in [3.05, 3.63) is 47.8 Å². The molecule has 0 aliphatic heterocycles. The molecule has 0 aliphatic carbocycles. The first-order valence-corrected chi connectivity index (χ1v) is 5.73. The fourth-order valence-corrected chi connectivity index (χ4v) is 1.76. The molecule has 2 rings (SSSR count). The van der Waals surface area contributed by atoms with Crippen LogP contribution in [0.25, 0.3) is 0 Å². The topological polar surface area (TPSA) is 44.9 Å². The lowest BCUT2D eigenvalue weighted by atomic mass is 10.2. The zero-order chi connectivity index (χ0) is 14.8. The molecule has 2 aromatic rings. The van der Waals surface area contributed by atoms with E-state index in [0.717, 1.165) is 16.7 Å². The Morgan fingerprint density at radius 3 is 2.45 bits per heavy atom. The van der Waals surface area contributed by atoms with Gasteiger partial charge in [0.1, 0.15) is 0 Å². The van der Waals surface area contributed by atoms with Crippen LogP contribution in [0.4, 0.5) is 19.1 Å². The van der Waals surface area contributed by atoms with Crippen LogP contribution in [0.3, 0.4) is 0 Å². The molecular formula is C13H11F3N4. The third-order valence-electron chi connectivity index (χ3n) is 2.69. The number of nitrogens with zero attached hydrogens (tertiary/aromatic N) is 4. The minimum Gasteiger partial charge on any atom is -0.319 e. The summed E-state index contributed by atoms with van der Waals surface area (Å²) in [7, 11) is 1.42. The van der Waals surface area contributed by atoms with Crippen molar-refractivity contribution in [2.24, 2.45) is 7.05 Å². The van der Waals surface area contributed by atoms with Gasteiger partial charge in [0.15, 0.2) is 11.9 Å². The summed E-state index contributed by atoms with van der Waals surface area (Å²) in [5.41, 5.74) is -0.200. The first-order chi connectivity index (χ1) is 9.41. The van der Waals surface area contributed by atoms with Gasteiger partial charge < -0.3 is 4.57 Å². The summed E-state index contributed by atoms with van der Waals surface area (Å²) in [5, 5.41) is 9.12. The molecule has 0 fully saturated rings.